The van der Waals surface area contributed by atoms with Crippen molar-refractivity contribution in [3.8, 4) is 6.07 Å². The first kappa shape index (κ1) is 19.8. The van der Waals surface area contributed by atoms with Crippen LogP contribution in [0.5, 0.6) is 0 Å². The van der Waals surface area contributed by atoms with Gasteiger partial charge in [-0.3, -0.25) is 4.79 Å². The second kappa shape index (κ2) is 9.29. The maximum atomic E-state index is 13.1. The highest BCUT2D eigenvalue weighted by molar-refractivity contribution is 7.98. The van der Waals surface area contributed by atoms with Crippen molar-refractivity contribution in [3.63, 3.8) is 0 Å². The quantitative estimate of drug-likeness (QED) is 0.474. The number of piperazine rings is 1. The average molecular weight is 396 g/mol. The Morgan fingerprint density at radius 1 is 1.18 bits per heavy atom. The van der Waals surface area contributed by atoms with Gasteiger partial charge < -0.3 is 15.1 Å². The van der Waals surface area contributed by atoms with Gasteiger partial charge in [-0.05, 0) is 48.7 Å². The Morgan fingerprint density at radius 2 is 1.89 bits per heavy atom. The zero-order chi connectivity index (χ0) is 19.9. The Hall–Kier alpha value is -2.98. The number of hydrogen-bond acceptors (Lipinski definition) is 5. The minimum atomic E-state index is -0.283. The number of nitrogens with one attached hydrogen (secondary N) is 1. The van der Waals surface area contributed by atoms with Crippen LogP contribution in [0.15, 0.2) is 65.2 Å². The number of hydrogen-bond donors (Lipinski definition) is 1. The third-order valence-electron chi connectivity index (χ3n) is 4.56. The van der Waals surface area contributed by atoms with Crippen molar-refractivity contribution in [1.29, 1.82) is 5.26 Å². The van der Waals surface area contributed by atoms with Gasteiger partial charge in [0.2, 0.25) is 0 Å². The summed E-state index contributed by atoms with van der Waals surface area (Å²) in [6.45, 7) is 2.30. The van der Waals surface area contributed by atoms with E-state index in [2.05, 4.69) is 10.2 Å². The number of carbonyl (C=O) groups excluding carboxylic acids is 1. The summed E-state index contributed by atoms with van der Waals surface area (Å²) in [5.41, 5.74) is 1.83. The van der Waals surface area contributed by atoms with E-state index in [0.29, 0.717) is 26.2 Å². The van der Waals surface area contributed by atoms with Crippen LogP contribution in [0.2, 0.25) is 0 Å². The lowest BCUT2D eigenvalue weighted by Crippen LogP contribution is -2.49. The Balaban J connectivity index is 1.60. The molecule has 5 nitrogen and oxygen atoms in total. The minimum Gasteiger partial charge on any atom is -0.368 e. The molecule has 0 atom stereocenters. The maximum Gasteiger partial charge on any atom is 0.266 e. The van der Waals surface area contributed by atoms with Crippen molar-refractivity contribution in [3.05, 3.63) is 66.1 Å². The number of halogens is 1. The summed E-state index contributed by atoms with van der Waals surface area (Å²) in [7, 11) is 0. The molecule has 0 bridgehead atoms. The molecule has 1 fully saturated rings. The van der Waals surface area contributed by atoms with Gasteiger partial charge in [-0.1, -0.05) is 6.07 Å². The fourth-order valence-corrected chi connectivity index (χ4v) is 3.46. The molecule has 7 heteroatoms. The van der Waals surface area contributed by atoms with Gasteiger partial charge in [0, 0.05) is 48.6 Å². The molecule has 0 aromatic heterocycles. The molecule has 0 spiro atoms. The van der Waals surface area contributed by atoms with Crippen molar-refractivity contribution in [2.24, 2.45) is 0 Å². The first-order valence-corrected chi connectivity index (χ1v) is 10.1. The molecule has 0 radical (unpaired) electrons. The van der Waals surface area contributed by atoms with Crippen LogP contribution < -0.4 is 10.2 Å². The van der Waals surface area contributed by atoms with E-state index in [1.807, 2.05) is 36.6 Å². The molecule has 2 aromatic rings. The van der Waals surface area contributed by atoms with Crippen LogP contribution in [0.1, 0.15) is 0 Å². The highest BCUT2D eigenvalue weighted by Gasteiger charge is 2.23. The molecule has 1 amide bonds. The maximum absolute atomic E-state index is 13.1. The lowest BCUT2D eigenvalue weighted by molar-refractivity contribution is -0.127. The normalized spacial score (nSPS) is 14.5. The summed E-state index contributed by atoms with van der Waals surface area (Å²) < 4.78 is 13.1. The molecule has 2 aromatic carbocycles. The Labute approximate surface area is 168 Å². The van der Waals surface area contributed by atoms with E-state index in [1.165, 1.54) is 18.3 Å². The fourth-order valence-electron chi connectivity index (χ4n) is 3.00. The molecule has 0 aliphatic carbocycles. The van der Waals surface area contributed by atoms with Crippen LogP contribution in [-0.4, -0.2) is 43.2 Å². The van der Waals surface area contributed by atoms with Crippen LogP contribution in [0.4, 0.5) is 15.8 Å². The van der Waals surface area contributed by atoms with Gasteiger partial charge in [-0.15, -0.1) is 11.8 Å². The van der Waals surface area contributed by atoms with Crippen molar-refractivity contribution in [2.75, 3.05) is 42.7 Å². The number of rotatable bonds is 5. The predicted molar refractivity (Wildman–Crippen MR) is 111 cm³/mol. The molecule has 0 saturated carbocycles. The summed E-state index contributed by atoms with van der Waals surface area (Å²) in [6, 6.07) is 16.1. The Bertz CT molecular complexity index is 899. The van der Waals surface area contributed by atoms with Crippen molar-refractivity contribution in [2.45, 2.75) is 4.90 Å². The standard InChI is InChI=1S/C21H21FN4OS/c1-28-20-4-2-3-18(13-20)24-15-16(14-23)21(27)26-11-9-25(10-12-26)19-7-5-17(22)6-8-19/h2-8,13,15,24H,9-12H2,1H3/b16-15-. The number of carbonyl (C=O) groups is 1. The van der Waals surface area contributed by atoms with Gasteiger partial charge in [0.1, 0.15) is 17.5 Å². The zero-order valence-corrected chi connectivity index (χ0v) is 16.4. The van der Waals surface area contributed by atoms with Crippen LogP contribution in [-0.2, 0) is 4.79 Å². The smallest absolute Gasteiger partial charge is 0.266 e. The summed E-state index contributed by atoms with van der Waals surface area (Å²) >= 11 is 1.62. The molecule has 3 rings (SSSR count). The largest absolute Gasteiger partial charge is 0.368 e. The fraction of sp³-hybridized carbons (Fsp3) is 0.238. The minimum absolute atomic E-state index is 0.0739. The molecule has 144 valence electrons. The topological polar surface area (TPSA) is 59.4 Å². The molecule has 28 heavy (non-hydrogen) atoms. The number of thioether (sulfide) groups is 1. The van der Waals surface area contributed by atoms with E-state index in [9.17, 15) is 14.4 Å². The molecular formula is C21H21FN4OS. The van der Waals surface area contributed by atoms with Crippen LogP contribution >= 0.6 is 11.8 Å². The van der Waals surface area contributed by atoms with E-state index in [4.69, 9.17) is 0 Å². The third kappa shape index (κ3) is 4.84. The average Bonchev–Trinajstić information content (AvgIpc) is 2.75. The van der Waals surface area contributed by atoms with Crippen molar-refractivity contribution >= 4 is 29.0 Å². The summed E-state index contributed by atoms with van der Waals surface area (Å²) in [6.07, 6.45) is 3.46. The second-order valence-electron chi connectivity index (χ2n) is 6.30. The first-order valence-electron chi connectivity index (χ1n) is 8.91. The van der Waals surface area contributed by atoms with Gasteiger partial charge in [0.15, 0.2) is 0 Å². The second-order valence-corrected chi connectivity index (χ2v) is 7.18. The summed E-state index contributed by atoms with van der Waals surface area (Å²) in [5, 5.41) is 12.4. The monoisotopic (exact) mass is 396 g/mol. The number of nitriles is 1. The van der Waals surface area contributed by atoms with Gasteiger partial charge in [-0.2, -0.15) is 5.26 Å². The van der Waals surface area contributed by atoms with E-state index in [0.717, 1.165) is 16.3 Å². The molecule has 0 unspecified atom stereocenters. The number of benzene rings is 2. The lowest BCUT2D eigenvalue weighted by atomic mass is 10.2. The predicted octanol–water partition coefficient (Wildman–Crippen LogP) is 3.72. The van der Waals surface area contributed by atoms with Crippen molar-refractivity contribution in [1.82, 2.24) is 4.90 Å². The SMILES string of the molecule is CSc1cccc(N/C=C(/C#N)C(=O)N2CCN(c3ccc(F)cc3)CC2)c1. The van der Waals surface area contributed by atoms with Crippen molar-refractivity contribution < 1.29 is 9.18 Å². The number of amides is 1. The van der Waals surface area contributed by atoms with Gasteiger partial charge >= 0.3 is 0 Å². The van der Waals surface area contributed by atoms with Crippen LogP contribution in [0.3, 0.4) is 0 Å². The van der Waals surface area contributed by atoms with Crippen LogP contribution in [0, 0.1) is 17.1 Å². The number of anilines is 2. The lowest BCUT2D eigenvalue weighted by Gasteiger charge is -2.36. The van der Waals surface area contributed by atoms with E-state index >= 15 is 0 Å². The van der Waals surface area contributed by atoms with Gasteiger partial charge in [0.25, 0.3) is 5.91 Å². The van der Waals surface area contributed by atoms with E-state index in [-0.39, 0.29) is 17.3 Å². The first-order chi connectivity index (χ1) is 13.6. The molecule has 1 aliphatic heterocycles. The highest BCUT2D eigenvalue weighted by atomic mass is 32.2. The van der Waals surface area contributed by atoms with Gasteiger partial charge in [-0.25, -0.2) is 4.39 Å². The highest BCUT2D eigenvalue weighted by Crippen LogP contribution is 2.20. The van der Waals surface area contributed by atoms with Crippen LogP contribution in [0.25, 0.3) is 0 Å². The Kier molecular flexibility index (Phi) is 6.56. The molecule has 1 N–H and O–H groups in total. The van der Waals surface area contributed by atoms with E-state index in [1.54, 1.807) is 28.8 Å². The molecule has 1 heterocycles. The number of nitrogens with zero attached hydrogens (tertiary/aromatic N) is 3. The zero-order valence-electron chi connectivity index (χ0n) is 15.6. The Morgan fingerprint density at radius 3 is 2.54 bits per heavy atom. The third-order valence-corrected chi connectivity index (χ3v) is 5.29. The van der Waals surface area contributed by atoms with Gasteiger partial charge in [0.05, 0.1) is 0 Å². The van der Waals surface area contributed by atoms with E-state index < -0.39 is 0 Å². The summed E-state index contributed by atoms with van der Waals surface area (Å²) in [5.74, 6) is -0.549. The molecule has 1 saturated heterocycles. The molecule has 1 aliphatic rings. The summed E-state index contributed by atoms with van der Waals surface area (Å²) in [4.78, 5) is 17.6. The molecular weight excluding hydrogens is 375 g/mol.